The Bertz CT molecular complexity index is 831. The molecule has 0 saturated heterocycles. The highest BCUT2D eigenvalue weighted by Gasteiger charge is 2.13. The predicted octanol–water partition coefficient (Wildman–Crippen LogP) is 5.60. The van der Waals surface area contributed by atoms with Crippen LogP contribution in [0.15, 0.2) is 72.8 Å². The van der Waals surface area contributed by atoms with E-state index >= 15 is 0 Å². The van der Waals surface area contributed by atoms with E-state index in [9.17, 15) is 5.11 Å². The Kier molecular flexibility index (Phi) is 4.29. The zero-order valence-electron chi connectivity index (χ0n) is 13.5. The molecule has 0 radical (unpaired) electrons. The summed E-state index contributed by atoms with van der Waals surface area (Å²) in [5.74, 6) is 0.357. The van der Waals surface area contributed by atoms with Crippen LogP contribution in [-0.2, 0) is 0 Å². The van der Waals surface area contributed by atoms with E-state index in [0.717, 1.165) is 33.4 Å². The van der Waals surface area contributed by atoms with E-state index in [1.807, 2.05) is 56.3 Å². The summed E-state index contributed by atoms with van der Waals surface area (Å²) in [4.78, 5) is 0. The zero-order chi connectivity index (χ0) is 16.2. The van der Waals surface area contributed by atoms with Gasteiger partial charge >= 0.3 is 0 Å². The molecule has 0 amide bonds. The quantitative estimate of drug-likeness (QED) is 0.624. The first-order valence-corrected chi connectivity index (χ1v) is 7.78. The Morgan fingerprint density at radius 1 is 0.783 bits per heavy atom. The third-order valence-corrected chi connectivity index (χ3v) is 4.19. The van der Waals surface area contributed by atoms with Crippen molar-refractivity contribution in [1.29, 1.82) is 0 Å². The molecule has 0 aliphatic heterocycles. The van der Waals surface area contributed by atoms with Gasteiger partial charge in [-0.2, -0.15) is 0 Å². The molecule has 0 saturated carbocycles. The lowest BCUT2D eigenvalue weighted by Gasteiger charge is -2.14. The summed E-state index contributed by atoms with van der Waals surface area (Å²) in [6.07, 6.45) is 2.12. The maximum Gasteiger partial charge on any atom is 0.126 e. The summed E-state index contributed by atoms with van der Waals surface area (Å²) in [5, 5.41) is 10.6. The van der Waals surface area contributed by atoms with Gasteiger partial charge in [-0.1, -0.05) is 72.8 Å². The van der Waals surface area contributed by atoms with Gasteiger partial charge in [0, 0.05) is 5.56 Å². The lowest BCUT2D eigenvalue weighted by molar-refractivity contribution is 0.469. The lowest BCUT2D eigenvalue weighted by Crippen LogP contribution is -1.92. The maximum atomic E-state index is 10.6. The summed E-state index contributed by atoms with van der Waals surface area (Å²) in [6.45, 7) is 3.97. The molecule has 0 aliphatic rings. The summed E-state index contributed by atoms with van der Waals surface area (Å²) >= 11 is 0. The number of aromatic hydroxyl groups is 1. The minimum Gasteiger partial charge on any atom is -0.507 e. The summed E-state index contributed by atoms with van der Waals surface area (Å²) < 4.78 is 0. The smallest absolute Gasteiger partial charge is 0.126 e. The van der Waals surface area contributed by atoms with Crippen molar-refractivity contribution < 1.29 is 5.11 Å². The number of phenols is 1. The van der Waals surface area contributed by atoms with Gasteiger partial charge in [-0.25, -0.2) is 0 Å². The van der Waals surface area contributed by atoms with Gasteiger partial charge in [0.15, 0.2) is 0 Å². The highest BCUT2D eigenvalue weighted by molar-refractivity contribution is 5.93. The molecule has 1 heteroatoms. The van der Waals surface area contributed by atoms with Crippen LogP contribution in [0.2, 0.25) is 0 Å². The average molecular weight is 300 g/mol. The second-order valence-corrected chi connectivity index (χ2v) is 5.74. The molecule has 0 aliphatic carbocycles. The van der Waals surface area contributed by atoms with Gasteiger partial charge in [-0.15, -0.1) is 0 Å². The first-order chi connectivity index (χ1) is 11.2. The van der Waals surface area contributed by atoms with Crippen molar-refractivity contribution in [3.63, 3.8) is 0 Å². The van der Waals surface area contributed by atoms with Crippen LogP contribution in [0.4, 0.5) is 0 Å². The van der Waals surface area contributed by atoms with Crippen LogP contribution >= 0.6 is 0 Å². The van der Waals surface area contributed by atoms with E-state index in [-0.39, 0.29) is 0 Å². The van der Waals surface area contributed by atoms with Crippen molar-refractivity contribution in [2.24, 2.45) is 0 Å². The molecule has 0 fully saturated rings. The lowest BCUT2D eigenvalue weighted by atomic mass is 9.92. The minimum atomic E-state index is 0.357. The average Bonchev–Trinajstić information content (AvgIpc) is 2.60. The molecule has 0 unspecified atom stereocenters. The van der Waals surface area contributed by atoms with Gasteiger partial charge in [0.2, 0.25) is 0 Å². The Morgan fingerprint density at radius 3 is 2.04 bits per heavy atom. The number of aryl methyl sites for hydroxylation is 1. The third kappa shape index (κ3) is 3.19. The Hall–Kier alpha value is -2.80. The van der Waals surface area contributed by atoms with E-state index in [4.69, 9.17) is 0 Å². The molecule has 0 aromatic heterocycles. The molecule has 114 valence electrons. The summed E-state index contributed by atoms with van der Waals surface area (Å²) in [5.41, 5.74) is 6.12. The van der Waals surface area contributed by atoms with Gasteiger partial charge in [0.25, 0.3) is 0 Å². The van der Waals surface area contributed by atoms with Crippen molar-refractivity contribution in [2.45, 2.75) is 13.8 Å². The van der Waals surface area contributed by atoms with Crippen LogP contribution in [0.3, 0.4) is 0 Å². The van der Waals surface area contributed by atoms with Crippen LogP contribution in [0.5, 0.6) is 5.75 Å². The van der Waals surface area contributed by atoms with E-state index < -0.39 is 0 Å². The largest absolute Gasteiger partial charge is 0.507 e. The molecule has 0 heterocycles. The van der Waals surface area contributed by atoms with Crippen LogP contribution in [0.1, 0.15) is 27.8 Å². The highest BCUT2D eigenvalue weighted by Crippen LogP contribution is 2.35. The fraction of sp³-hybridized carbons (Fsp3) is 0.0909. The first-order valence-electron chi connectivity index (χ1n) is 7.78. The topological polar surface area (TPSA) is 20.2 Å². The fourth-order valence-electron chi connectivity index (χ4n) is 2.67. The molecule has 3 aromatic rings. The van der Waals surface area contributed by atoms with Crippen LogP contribution in [0.25, 0.3) is 11.6 Å². The van der Waals surface area contributed by atoms with Crippen molar-refractivity contribution in [3.05, 3.63) is 101 Å². The molecule has 3 rings (SSSR count). The number of rotatable bonds is 3. The van der Waals surface area contributed by atoms with Gasteiger partial charge < -0.3 is 5.11 Å². The van der Waals surface area contributed by atoms with Gasteiger partial charge in [0.1, 0.15) is 5.75 Å². The number of hydrogen-bond acceptors (Lipinski definition) is 1. The monoisotopic (exact) mass is 300 g/mol. The predicted molar refractivity (Wildman–Crippen MR) is 97.4 cm³/mol. The second-order valence-electron chi connectivity index (χ2n) is 5.74. The Morgan fingerprint density at radius 2 is 1.39 bits per heavy atom. The molecular weight excluding hydrogens is 280 g/mol. The Labute approximate surface area is 137 Å². The van der Waals surface area contributed by atoms with Gasteiger partial charge in [-0.05, 0) is 47.8 Å². The molecule has 0 atom stereocenters. The molecule has 3 aromatic carbocycles. The third-order valence-electron chi connectivity index (χ3n) is 4.19. The van der Waals surface area contributed by atoms with E-state index in [1.165, 1.54) is 0 Å². The van der Waals surface area contributed by atoms with Crippen molar-refractivity contribution in [3.8, 4) is 5.75 Å². The Balaban J connectivity index is 2.22. The standard InChI is InChI=1S/C22H20O/c1-16-13-14-20(22(23)17(16)2)21(19-11-7-4-8-12-19)15-18-9-5-3-6-10-18/h3-15,23H,1-2H3/b21-15+. The maximum absolute atomic E-state index is 10.6. The minimum absolute atomic E-state index is 0.357. The summed E-state index contributed by atoms with van der Waals surface area (Å²) in [6, 6.07) is 24.4. The van der Waals surface area contributed by atoms with Crippen molar-refractivity contribution in [1.82, 2.24) is 0 Å². The van der Waals surface area contributed by atoms with E-state index in [1.54, 1.807) is 0 Å². The summed E-state index contributed by atoms with van der Waals surface area (Å²) in [7, 11) is 0. The zero-order valence-corrected chi connectivity index (χ0v) is 13.5. The van der Waals surface area contributed by atoms with Crippen LogP contribution in [0, 0.1) is 13.8 Å². The molecule has 0 bridgehead atoms. The van der Waals surface area contributed by atoms with E-state index in [0.29, 0.717) is 5.75 Å². The van der Waals surface area contributed by atoms with Crippen LogP contribution in [-0.4, -0.2) is 5.11 Å². The first kappa shape index (κ1) is 15.1. The highest BCUT2D eigenvalue weighted by atomic mass is 16.3. The van der Waals surface area contributed by atoms with Crippen molar-refractivity contribution in [2.75, 3.05) is 0 Å². The van der Waals surface area contributed by atoms with Crippen molar-refractivity contribution >= 4 is 11.6 Å². The molecule has 23 heavy (non-hydrogen) atoms. The van der Waals surface area contributed by atoms with Gasteiger partial charge in [-0.3, -0.25) is 0 Å². The number of phenolic OH excluding ortho intramolecular Hbond substituents is 1. The number of benzene rings is 3. The fourth-order valence-corrected chi connectivity index (χ4v) is 2.67. The SMILES string of the molecule is Cc1ccc(/C(=C/c2ccccc2)c2ccccc2)c(O)c1C. The van der Waals surface area contributed by atoms with Gasteiger partial charge in [0.05, 0.1) is 0 Å². The van der Waals surface area contributed by atoms with Crippen LogP contribution < -0.4 is 0 Å². The number of hydrogen-bond donors (Lipinski definition) is 1. The second kappa shape index (κ2) is 6.53. The molecule has 0 spiro atoms. The normalized spacial score (nSPS) is 11.5. The molecule has 1 N–H and O–H groups in total. The molecular formula is C22H20O. The van der Waals surface area contributed by atoms with E-state index in [2.05, 4.69) is 36.4 Å². The molecule has 1 nitrogen and oxygen atoms in total.